The normalized spacial score (nSPS) is 16.4. The van der Waals surface area contributed by atoms with E-state index in [9.17, 15) is 4.79 Å². The summed E-state index contributed by atoms with van der Waals surface area (Å²) in [6.45, 7) is 8.35. The Morgan fingerprint density at radius 2 is 1.90 bits per heavy atom. The van der Waals surface area contributed by atoms with Crippen LogP contribution < -0.4 is 0 Å². The Kier molecular flexibility index (Phi) is 7.08. The molecule has 0 bridgehead atoms. The van der Waals surface area contributed by atoms with Crippen LogP contribution in [0.4, 0.5) is 4.39 Å². The van der Waals surface area contributed by atoms with Gasteiger partial charge in [-0.2, -0.15) is 0 Å². The van der Waals surface area contributed by atoms with Crippen LogP contribution in [0, 0.1) is 17.7 Å². The Morgan fingerprint density at radius 1 is 1.08 bits per heavy atom. The summed E-state index contributed by atoms with van der Waals surface area (Å²) >= 11 is 0. The minimum absolute atomic E-state index is 0.292. The number of imidazole rings is 1. The molecule has 1 saturated heterocycles. The van der Waals surface area contributed by atoms with Crippen molar-refractivity contribution in [2.75, 3.05) is 26.2 Å². The maximum Gasteiger partial charge on any atom is 0.225 e. The number of nitrogens with zero attached hydrogens (tertiary/aromatic N) is 6. The Balaban J connectivity index is 1.12. The van der Waals surface area contributed by atoms with Crippen molar-refractivity contribution in [1.82, 2.24) is 34.7 Å². The van der Waals surface area contributed by atoms with Gasteiger partial charge in [0.1, 0.15) is 17.8 Å². The van der Waals surface area contributed by atoms with Gasteiger partial charge in [-0.05, 0) is 55.0 Å². The third kappa shape index (κ3) is 5.83. The number of fused-ring (bicyclic) bond motifs is 1. The summed E-state index contributed by atoms with van der Waals surface area (Å²) in [6, 6.07) is 9.83. The molecule has 1 saturated carbocycles. The standard InChI is InChI=1S/C30H34FN7O/c1-19(2)13-26-28(31)29(34-18-33-26)22-5-6-24-25(15-22)36-27(35-24)16-23-14-20(7-8-32-23)17-37-9-11-38(12-10-37)30(39)21-3-4-21/h5-8,14-15,18-19,21H,3-4,9-13,16-17H2,1-2H3,(H,35,36). The van der Waals surface area contributed by atoms with Crippen molar-refractivity contribution >= 4 is 16.9 Å². The fourth-order valence-electron chi connectivity index (χ4n) is 5.30. The molecule has 2 aliphatic rings. The lowest BCUT2D eigenvalue weighted by molar-refractivity contribution is -0.134. The van der Waals surface area contributed by atoms with Crippen molar-refractivity contribution in [3.05, 3.63) is 71.4 Å². The number of H-pyrrole nitrogens is 1. The van der Waals surface area contributed by atoms with E-state index in [-0.39, 0.29) is 5.82 Å². The second kappa shape index (κ2) is 10.8. The molecule has 0 spiro atoms. The van der Waals surface area contributed by atoms with Gasteiger partial charge in [-0.25, -0.2) is 19.3 Å². The van der Waals surface area contributed by atoms with Gasteiger partial charge < -0.3 is 9.88 Å². The first-order chi connectivity index (χ1) is 18.9. The SMILES string of the molecule is CC(C)Cc1ncnc(-c2ccc3nc(Cc4cc(CN5CCN(C(=O)C6CC6)CC5)ccn4)[nH]c3c2)c1F. The third-order valence-electron chi connectivity index (χ3n) is 7.51. The molecule has 39 heavy (non-hydrogen) atoms. The van der Waals surface area contributed by atoms with Gasteiger partial charge in [-0.1, -0.05) is 19.9 Å². The molecule has 1 aromatic carbocycles. The van der Waals surface area contributed by atoms with Crippen LogP contribution in [-0.4, -0.2) is 66.8 Å². The van der Waals surface area contributed by atoms with Crippen molar-refractivity contribution in [2.24, 2.45) is 11.8 Å². The maximum absolute atomic E-state index is 15.1. The van der Waals surface area contributed by atoms with Crippen LogP contribution >= 0.6 is 0 Å². The number of nitrogens with one attached hydrogen (secondary N) is 1. The van der Waals surface area contributed by atoms with Crippen LogP contribution in [0.1, 0.15) is 49.5 Å². The monoisotopic (exact) mass is 527 g/mol. The summed E-state index contributed by atoms with van der Waals surface area (Å²) < 4.78 is 15.1. The van der Waals surface area contributed by atoms with Crippen LogP contribution in [0.5, 0.6) is 0 Å². The van der Waals surface area contributed by atoms with Crippen molar-refractivity contribution in [3.63, 3.8) is 0 Å². The van der Waals surface area contributed by atoms with Crippen LogP contribution in [0.25, 0.3) is 22.3 Å². The Labute approximate surface area is 227 Å². The fraction of sp³-hybridized carbons (Fsp3) is 0.433. The summed E-state index contributed by atoms with van der Waals surface area (Å²) in [6.07, 6.45) is 6.55. The van der Waals surface area contributed by atoms with E-state index >= 15 is 4.39 Å². The molecule has 0 radical (unpaired) electrons. The number of aromatic nitrogens is 5. The maximum atomic E-state index is 15.1. The lowest BCUT2D eigenvalue weighted by Crippen LogP contribution is -2.48. The smallest absolute Gasteiger partial charge is 0.225 e. The van der Waals surface area contributed by atoms with Crippen molar-refractivity contribution < 1.29 is 9.18 Å². The number of amides is 1. The number of hydrogen-bond acceptors (Lipinski definition) is 6. The molecule has 3 aromatic heterocycles. The average Bonchev–Trinajstić information content (AvgIpc) is 3.70. The number of rotatable bonds is 8. The van der Waals surface area contributed by atoms with Crippen LogP contribution in [0.2, 0.25) is 0 Å². The average molecular weight is 528 g/mol. The molecule has 6 rings (SSSR count). The predicted octanol–water partition coefficient (Wildman–Crippen LogP) is 4.40. The summed E-state index contributed by atoms with van der Waals surface area (Å²) in [7, 11) is 0. The van der Waals surface area contributed by atoms with Gasteiger partial charge >= 0.3 is 0 Å². The number of carbonyl (C=O) groups is 1. The van der Waals surface area contributed by atoms with E-state index in [4.69, 9.17) is 4.98 Å². The molecule has 4 aromatic rings. The van der Waals surface area contributed by atoms with Crippen LogP contribution in [-0.2, 0) is 24.2 Å². The number of aromatic amines is 1. The number of carbonyl (C=O) groups excluding carboxylic acids is 1. The lowest BCUT2D eigenvalue weighted by atomic mass is 10.0. The number of halogens is 1. The van der Waals surface area contributed by atoms with E-state index in [1.54, 1.807) is 0 Å². The molecular formula is C30H34FN7O. The number of piperazine rings is 1. The van der Waals surface area contributed by atoms with E-state index in [1.165, 1.54) is 11.9 Å². The van der Waals surface area contributed by atoms with E-state index in [2.05, 4.69) is 37.0 Å². The molecule has 1 amide bonds. The fourth-order valence-corrected chi connectivity index (χ4v) is 5.30. The summed E-state index contributed by atoms with van der Waals surface area (Å²) in [5.74, 6) is 1.39. The van der Waals surface area contributed by atoms with E-state index in [0.717, 1.165) is 68.1 Å². The molecule has 1 aliphatic heterocycles. The van der Waals surface area contributed by atoms with Gasteiger partial charge in [0, 0.05) is 62.5 Å². The Morgan fingerprint density at radius 3 is 2.67 bits per heavy atom. The summed E-state index contributed by atoms with van der Waals surface area (Å²) in [4.78, 5) is 37.8. The Bertz CT molecular complexity index is 1490. The van der Waals surface area contributed by atoms with E-state index in [1.807, 2.05) is 43.1 Å². The summed E-state index contributed by atoms with van der Waals surface area (Å²) in [5, 5.41) is 0. The highest BCUT2D eigenvalue weighted by Crippen LogP contribution is 2.31. The van der Waals surface area contributed by atoms with Crippen molar-refractivity contribution in [3.8, 4) is 11.3 Å². The van der Waals surface area contributed by atoms with Crippen molar-refractivity contribution in [2.45, 2.75) is 46.1 Å². The molecule has 4 heterocycles. The van der Waals surface area contributed by atoms with Crippen molar-refractivity contribution in [1.29, 1.82) is 0 Å². The Hall–Kier alpha value is -3.72. The first-order valence-corrected chi connectivity index (χ1v) is 13.9. The molecule has 1 N–H and O–H groups in total. The topological polar surface area (TPSA) is 90.9 Å². The zero-order valence-corrected chi connectivity index (χ0v) is 22.5. The first kappa shape index (κ1) is 25.6. The quantitative estimate of drug-likeness (QED) is 0.365. The molecule has 8 nitrogen and oxygen atoms in total. The van der Waals surface area contributed by atoms with Gasteiger partial charge in [0.2, 0.25) is 5.91 Å². The lowest BCUT2D eigenvalue weighted by Gasteiger charge is -2.35. The molecule has 9 heteroatoms. The molecule has 0 atom stereocenters. The second-order valence-corrected chi connectivity index (χ2v) is 11.2. The van der Waals surface area contributed by atoms with Gasteiger partial charge in [0.15, 0.2) is 5.82 Å². The summed E-state index contributed by atoms with van der Waals surface area (Å²) in [5.41, 5.74) is 5.25. The van der Waals surface area contributed by atoms with Gasteiger partial charge in [0.05, 0.1) is 16.7 Å². The number of benzene rings is 1. The second-order valence-electron chi connectivity index (χ2n) is 11.2. The minimum atomic E-state index is -0.359. The van der Waals surface area contributed by atoms with E-state index in [0.29, 0.717) is 47.5 Å². The zero-order valence-electron chi connectivity index (χ0n) is 22.5. The highest BCUT2D eigenvalue weighted by Gasteiger charge is 2.34. The highest BCUT2D eigenvalue weighted by molar-refractivity contribution is 5.82. The third-order valence-corrected chi connectivity index (χ3v) is 7.51. The van der Waals surface area contributed by atoms with Crippen LogP contribution in [0.15, 0.2) is 42.9 Å². The van der Waals surface area contributed by atoms with Crippen LogP contribution in [0.3, 0.4) is 0 Å². The number of hydrogen-bond donors (Lipinski definition) is 1. The highest BCUT2D eigenvalue weighted by atomic mass is 19.1. The van der Waals surface area contributed by atoms with Gasteiger partial charge in [0.25, 0.3) is 0 Å². The molecule has 1 aliphatic carbocycles. The first-order valence-electron chi connectivity index (χ1n) is 13.9. The largest absolute Gasteiger partial charge is 0.342 e. The van der Waals surface area contributed by atoms with Gasteiger partial charge in [-0.15, -0.1) is 0 Å². The molecule has 0 unspecified atom stereocenters. The molecule has 202 valence electrons. The molecule has 2 fully saturated rings. The zero-order chi connectivity index (χ0) is 26.9. The minimum Gasteiger partial charge on any atom is -0.342 e. The number of pyridine rings is 1. The van der Waals surface area contributed by atoms with Gasteiger partial charge in [-0.3, -0.25) is 14.7 Å². The molecular weight excluding hydrogens is 493 g/mol. The predicted molar refractivity (Wildman–Crippen MR) is 147 cm³/mol. The van der Waals surface area contributed by atoms with E-state index < -0.39 is 0 Å².